The van der Waals surface area contributed by atoms with Crippen molar-refractivity contribution in [2.45, 2.75) is 52.4 Å². The molecule has 98 valence electrons. The van der Waals surface area contributed by atoms with Crippen molar-refractivity contribution in [3.63, 3.8) is 0 Å². The van der Waals surface area contributed by atoms with Crippen LogP contribution in [0.15, 0.2) is 0 Å². The molecule has 0 N–H and O–H groups in total. The van der Waals surface area contributed by atoms with Crippen LogP contribution < -0.4 is 0 Å². The van der Waals surface area contributed by atoms with Crippen LogP contribution in [-0.2, 0) is 0 Å². The molecule has 0 amide bonds. The van der Waals surface area contributed by atoms with Crippen molar-refractivity contribution < 1.29 is 14.1 Å². The molecule has 0 radical (unpaired) electrons. The number of rotatable bonds is 8. The monoisotopic (exact) mass is 249 g/mol. The van der Waals surface area contributed by atoms with Crippen LogP contribution in [0.5, 0.6) is 0 Å². The molecule has 0 unspecified atom stereocenters. The summed E-state index contributed by atoms with van der Waals surface area (Å²) in [6.07, 6.45) is 7.88. The average Bonchev–Trinajstić information content (AvgIpc) is 2.06. The minimum absolute atomic E-state index is 0. The standard InChI is InChI=1S/C10H23NS.3FH/c1-3-5-7-9-11(12)10-8-6-4-2;;;/h12H,3-10H2,1-2H3;3*1H. The summed E-state index contributed by atoms with van der Waals surface area (Å²) < 4.78 is 2.16. The number of unbranched alkanes of at least 4 members (excludes halogenated alkanes) is 4. The van der Waals surface area contributed by atoms with Crippen molar-refractivity contribution in [1.29, 1.82) is 0 Å². The second kappa shape index (κ2) is 19.6. The van der Waals surface area contributed by atoms with E-state index in [0.29, 0.717) is 0 Å². The Kier molecular flexibility index (Phi) is 31.9. The van der Waals surface area contributed by atoms with E-state index in [4.69, 9.17) is 0 Å². The van der Waals surface area contributed by atoms with E-state index in [1.165, 1.54) is 38.5 Å². The van der Waals surface area contributed by atoms with Crippen LogP contribution in [0.3, 0.4) is 0 Å². The third kappa shape index (κ3) is 20.2. The normalized spacial score (nSPS) is 8.80. The van der Waals surface area contributed by atoms with Gasteiger partial charge >= 0.3 is 0 Å². The first-order chi connectivity index (χ1) is 5.81. The first-order valence-corrected chi connectivity index (χ1v) is 5.65. The van der Waals surface area contributed by atoms with E-state index in [1.54, 1.807) is 0 Å². The van der Waals surface area contributed by atoms with Crippen LogP contribution in [0.25, 0.3) is 0 Å². The maximum absolute atomic E-state index is 4.41. The summed E-state index contributed by atoms with van der Waals surface area (Å²) in [6, 6.07) is 0. The highest BCUT2D eigenvalue weighted by molar-refractivity contribution is 7.77. The molecule has 0 atom stereocenters. The number of hydrogen-bond acceptors (Lipinski definition) is 2. The van der Waals surface area contributed by atoms with Crippen LogP contribution in [0.1, 0.15) is 52.4 Å². The Hall–Kier alpha value is 0.100. The molecule has 0 spiro atoms. The smallest absolute Gasteiger partial charge is 0.00869 e. The summed E-state index contributed by atoms with van der Waals surface area (Å²) in [4.78, 5) is 0. The molecular formula is C10H26F3NS. The second-order valence-electron chi connectivity index (χ2n) is 3.37. The maximum atomic E-state index is 4.41. The van der Waals surface area contributed by atoms with Gasteiger partial charge in [0, 0.05) is 13.1 Å². The van der Waals surface area contributed by atoms with Gasteiger partial charge in [-0.3, -0.25) is 18.4 Å². The number of halogens is 3. The third-order valence-electron chi connectivity index (χ3n) is 2.04. The summed E-state index contributed by atoms with van der Waals surface area (Å²) in [5, 5.41) is 0. The Morgan fingerprint density at radius 1 is 0.733 bits per heavy atom. The Morgan fingerprint density at radius 3 is 1.33 bits per heavy atom. The Labute approximate surface area is 97.3 Å². The van der Waals surface area contributed by atoms with Crippen molar-refractivity contribution >= 4 is 12.8 Å². The molecule has 0 fully saturated rings. The summed E-state index contributed by atoms with van der Waals surface area (Å²) in [7, 11) is 0. The third-order valence-corrected chi connectivity index (χ3v) is 2.44. The van der Waals surface area contributed by atoms with Gasteiger partial charge in [0.05, 0.1) is 0 Å². The molecule has 1 nitrogen and oxygen atoms in total. The van der Waals surface area contributed by atoms with Gasteiger partial charge in [0.15, 0.2) is 0 Å². The molecule has 0 aliphatic carbocycles. The van der Waals surface area contributed by atoms with Crippen molar-refractivity contribution in [2.24, 2.45) is 0 Å². The number of hydrogen-bond donors (Lipinski definition) is 1. The van der Waals surface area contributed by atoms with E-state index in [-0.39, 0.29) is 14.1 Å². The first kappa shape index (κ1) is 24.4. The SMILES string of the molecule is CCCCCN(S)CCCCC.F.F.F. The van der Waals surface area contributed by atoms with Gasteiger partial charge in [-0.15, -0.1) is 0 Å². The van der Waals surface area contributed by atoms with Gasteiger partial charge in [-0.2, -0.15) is 0 Å². The van der Waals surface area contributed by atoms with E-state index in [2.05, 4.69) is 31.0 Å². The predicted molar refractivity (Wildman–Crippen MR) is 67.1 cm³/mol. The molecule has 0 saturated carbocycles. The lowest BCUT2D eigenvalue weighted by Crippen LogP contribution is -2.15. The molecule has 0 rings (SSSR count). The largest absolute Gasteiger partial charge is 0.269 e. The highest BCUT2D eigenvalue weighted by Gasteiger charge is 1.97. The summed E-state index contributed by atoms with van der Waals surface area (Å²) in [5.41, 5.74) is 0. The minimum Gasteiger partial charge on any atom is -0.269 e. The molecule has 0 heterocycles. The van der Waals surface area contributed by atoms with E-state index in [9.17, 15) is 0 Å². The lowest BCUT2D eigenvalue weighted by Gasteiger charge is -2.14. The highest BCUT2D eigenvalue weighted by Crippen LogP contribution is 2.03. The van der Waals surface area contributed by atoms with Gasteiger partial charge in [0.25, 0.3) is 0 Å². The fourth-order valence-corrected chi connectivity index (χ4v) is 1.48. The predicted octanol–water partition coefficient (Wildman–Crippen LogP) is 3.97. The second-order valence-corrected chi connectivity index (χ2v) is 3.93. The molecule has 0 saturated heterocycles. The molecule has 0 bridgehead atoms. The van der Waals surface area contributed by atoms with E-state index >= 15 is 0 Å². The molecule has 0 aromatic rings. The first-order valence-electron chi connectivity index (χ1n) is 5.25. The quantitative estimate of drug-likeness (QED) is 0.503. The van der Waals surface area contributed by atoms with Gasteiger partial charge in [-0.1, -0.05) is 52.3 Å². The van der Waals surface area contributed by atoms with Gasteiger partial charge in [-0.25, -0.2) is 0 Å². The van der Waals surface area contributed by atoms with Crippen molar-refractivity contribution in [1.82, 2.24) is 4.31 Å². The zero-order valence-corrected chi connectivity index (χ0v) is 10.7. The molecule has 0 aliphatic rings. The summed E-state index contributed by atoms with van der Waals surface area (Å²) >= 11 is 4.41. The number of thiol groups is 1. The van der Waals surface area contributed by atoms with Crippen molar-refractivity contribution in [3.8, 4) is 0 Å². The van der Waals surface area contributed by atoms with Crippen LogP contribution >= 0.6 is 12.8 Å². The molecule has 0 aliphatic heterocycles. The molecular weight excluding hydrogens is 223 g/mol. The minimum atomic E-state index is 0. The lowest BCUT2D eigenvalue weighted by molar-refractivity contribution is 0.438. The van der Waals surface area contributed by atoms with Crippen LogP contribution in [-0.4, -0.2) is 17.4 Å². The van der Waals surface area contributed by atoms with Crippen LogP contribution in [0.2, 0.25) is 0 Å². The molecule has 0 aromatic carbocycles. The molecule has 15 heavy (non-hydrogen) atoms. The van der Waals surface area contributed by atoms with Gasteiger partial charge in [0.1, 0.15) is 0 Å². The van der Waals surface area contributed by atoms with E-state index < -0.39 is 0 Å². The van der Waals surface area contributed by atoms with Crippen molar-refractivity contribution in [2.75, 3.05) is 13.1 Å². The topological polar surface area (TPSA) is 3.24 Å². The summed E-state index contributed by atoms with van der Waals surface area (Å²) in [5.74, 6) is 0. The van der Waals surface area contributed by atoms with E-state index in [0.717, 1.165) is 13.1 Å². The van der Waals surface area contributed by atoms with E-state index in [1.807, 2.05) is 0 Å². The average molecular weight is 249 g/mol. The summed E-state index contributed by atoms with van der Waals surface area (Å²) in [6.45, 7) is 6.78. The fraction of sp³-hybridized carbons (Fsp3) is 1.00. The van der Waals surface area contributed by atoms with Gasteiger partial charge in [-0.05, 0) is 12.8 Å². The Morgan fingerprint density at radius 2 is 1.07 bits per heavy atom. The maximum Gasteiger partial charge on any atom is 0.00869 e. The van der Waals surface area contributed by atoms with Crippen LogP contribution in [0.4, 0.5) is 14.1 Å². The van der Waals surface area contributed by atoms with Gasteiger partial charge in [0.2, 0.25) is 0 Å². The van der Waals surface area contributed by atoms with Crippen molar-refractivity contribution in [3.05, 3.63) is 0 Å². The molecule has 5 heteroatoms. The Bertz CT molecular complexity index is 86.7. The zero-order chi connectivity index (χ0) is 9.23. The molecule has 0 aromatic heterocycles. The fourth-order valence-electron chi connectivity index (χ4n) is 1.20. The number of nitrogens with zero attached hydrogens (tertiary/aromatic N) is 1. The highest BCUT2D eigenvalue weighted by atomic mass is 32.1. The van der Waals surface area contributed by atoms with Crippen LogP contribution in [0, 0.1) is 0 Å². The van der Waals surface area contributed by atoms with Gasteiger partial charge < -0.3 is 0 Å². The lowest BCUT2D eigenvalue weighted by atomic mass is 10.2. The Balaban J connectivity index is -0.000000202. The zero-order valence-electron chi connectivity index (χ0n) is 9.78.